The molecule has 2 heterocycles. The number of hydrazine groups is 1. The summed E-state index contributed by atoms with van der Waals surface area (Å²) >= 11 is 0. The third kappa shape index (κ3) is 4.89. The van der Waals surface area contributed by atoms with Crippen LogP contribution in [0.2, 0.25) is 0 Å². The molecule has 262 valence electrons. The number of imide groups is 2. The van der Waals surface area contributed by atoms with E-state index in [1.165, 1.54) is 19.2 Å². The van der Waals surface area contributed by atoms with E-state index in [9.17, 15) is 29.5 Å². The van der Waals surface area contributed by atoms with Gasteiger partial charge in [-0.2, -0.15) is 5.01 Å². The molecule has 4 amide bonds. The maximum absolute atomic E-state index is 15.2. The van der Waals surface area contributed by atoms with Gasteiger partial charge in [0.15, 0.2) is 11.5 Å². The molecule has 2 aliphatic heterocycles. The lowest BCUT2D eigenvalue weighted by molar-refractivity contribution is -0.138. The smallest absolute Gasteiger partial charge is 0.488 e. The average Bonchev–Trinajstić information content (AvgIpc) is 3.53. The number of ether oxygens (including phenoxy) is 1. The van der Waals surface area contributed by atoms with Crippen LogP contribution in [-0.2, 0) is 24.6 Å². The topological polar surface area (TPSA) is 157 Å². The van der Waals surface area contributed by atoms with Crippen molar-refractivity contribution < 1.29 is 39.1 Å². The van der Waals surface area contributed by atoms with Gasteiger partial charge in [0.05, 0.1) is 41.7 Å². The van der Waals surface area contributed by atoms with Crippen LogP contribution in [0, 0.1) is 30.6 Å². The number of aromatic hydroxyl groups is 1. The summed E-state index contributed by atoms with van der Waals surface area (Å²) in [5.41, 5.74) is 5.42. The second-order valence-corrected chi connectivity index (χ2v) is 14.0. The van der Waals surface area contributed by atoms with Crippen LogP contribution < -0.4 is 20.5 Å². The van der Waals surface area contributed by atoms with Crippen LogP contribution in [0.25, 0.3) is 0 Å². The lowest BCUT2D eigenvalue weighted by Gasteiger charge is -2.50. The number of nitrogens with one attached hydrogen (secondary N) is 1. The van der Waals surface area contributed by atoms with E-state index in [-0.39, 0.29) is 35.5 Å². The molecule has 0 radical (unpaired) electrons. The van der Waals surface area contributed by atoms with Crippen LogP contribution >= 0.6 is 0 Å². The maximum Gasteiger partial charge on any atom is 0.488 e. The molecule has 6 atom stereocenters. The predicted molar refractivity (Wildman–Crippen MR) is 192 cm³/mol. The van der Waals surface area contributed by atoms with Crippen LogP contribution in [0.4, 0.5) is 11.4 Å². The molecule has 0 bridgehead atoms. The number of carbonyl (C=O) groups excluding carboxylic acids is 4. The Morgan fingerprint density at radius 2 is 1.60 bits per heavy atom. The highest BCUT2D eigenvalue weighted by molar-refractivity contribution is 6.58. The van der Waals surface area contributed by atoms with E-state index in [1.54, 1.807) is 42.5 Å². The fraction of sp³-hybridized carbons (Fsp3) is 0.250. The minimum Gasteiger partial charge on any atom is -0.504 e. The van der Waals surface area contributed by atoms with E-state index < -0.39 is 65.8 Å². The molecule has 4 aliphatic rings. The number of phenolic OH excluding ortho intramolecular Hbond substituents is 1. The molecule has 1 saturated carbocycles. The van der Waals surface area contributed by atoms with Gasteiger partial charge in [-0.15, -0.1) is 0 Å². The fourth-order valence-electron chi connectivity index (χ4n) is 9.09. The Morgan fingerprint density at radius 1 is 0.846 bits per heavy atom. The largest absolute Gasteiger partial charge is 0.504 e. The molecule has 4 N–H and O–H groups in total. The fourth-order valence-corrected chi connectivity index (χ4v) is 9.09. The second-order valence-electron chi connectivity index (χ2n) is 14.0. The lowest BCUT2D eigenvalue weighted by atomic mass is 9.49. The van der Waals surface area contributed by atoms with E-state index in [0.29, 0.717) is 16.8 Å². The van der Waals surface area contributed by atoms with Crippen molar-refractivity contribution in [3.63, 3.8) is 0 Å². The van der Waals surface area contributed by atoms with Gasteiger partial charge in [0.1, 0.15) is 0 Å². The third-order valence-electron chi connectivity index (χ3n) is 11.4. The number of benzene rings is 4. The molecule has 2 aliphatic carbocycles. The summed E-state index contributed by atoms with van der Waals surface area (Å²) < 4.78 is 5.36. The highest BCUT2D eigenvalue weighted by Gasteiger charge is 2.70. The van der Waals surface area contributed by atoms with Gasteiger partial charge in [0, 0.05) is 5.92 Å². The van der Waals surface area contributed by atoms with Crippen molar-refractivity contribution in [1.82, 2.24) is 5.01 Å². The molecule has 52 heavy (non-hydrogen) atoms. The van der Waals surface area contributed by atoms with Gasteiger partial charge in [0.25, 0.3) is 11.8 Å². The van der Waals surface area contributed by atoms with Crippen molar-refractivity contribution in [1.29, 1.82) is 0 Å². The molecular formula is C40H36BN3O8. The summed E-state index contributed by atoms with van der Waals surface area (Å²) in [4.78, 5) is 59.7. The standard InChI is InChI=1S/C40H36BN3O8/c1-22-11-14-26(15-12-22)42-44-37(47)31-21-30-28(16-17-29-34(30)38(48)43(36(29)46)27-10-6-9-25(20-27)41(50)51)35(23-13-18-33(52-2)32(45)19-23)40(31,39(44)49)24-7-4-3-5-8-24/h3-16,18-20,29-31,34-35,42,45,50-51H,17,21H2,1-2H3/t29-,30+,31-,34-,35-,40+/m0/s1. The first-order valence-corrected chi connectivity index (χ1v) is 17.2. The zero-order valence-electron chi connectivity index (χ0n) is 28.5. The highest BCUT2D eigenvalue weighted by atomic mass is 16.5. The number of allylic oxidation sites excluding steroid dienone is 2. The number of anilines is 2. The van der Waals surface area contributed by atoms with Gasteiger partial charge in [-0.05, 0) is 78.7 Å². The Morgan fingerprint density at radius 3 is 2.29 bits per heavy atom. The van der Waals surface area contributed by atoms with Crippen LogP contribution in [0.3, 0.4) is 0 Å². The predicted octanol–water partition coefficient (Wildman–Crippen LogP) is 3.58. The molecular weight excluding hydrogens is 661 g/mol. The van der Waals surface area contributed by atoms with Crippen molar-refractivity contribution in [3.05, 3.63) is 125 Å². The van der Waals surface area contributed by atoms with Gasteiger partial charge in [-0.3, -0.25) is 29.5 Å². The monoisotopic (exact) mass is 697 g/mol. The molecule has 12 heteroatoms. The van der Waals surface area contributed by atoms with E-state index >= 15 is 4.79 Å². The SMILES string of the molecule is COc1ccc([C@H]2C3=CC[C@@H]4C(=O)N(c5cccc(B(O)O)c5)C(=O)[C@@H]4[C@@H]3C[C@H]3C(=O)N(Nc4ccc(C)cc4)C(=O)[C@@]23c2ccccc2)cc1O. The maximum atomic E-state index is 15.2. The summed E-state index contributed by atoms with van der Waals surface area (Å²) in [6.07, 6.45) is 2.26. The van der Waals surface area contributed by atoms with Crippen molar-refractivity contribution in [3.8, 4) is 11.5 Å². The average molecular weight is 698 g/mol. The molecule has 11 nitrogen and oxygen atoms in total. The van der Waals surface area contributed by atoms with Crippen LogP contribution in [0.5, 0.6) is 11.5 Å². The molecule has 0 aromatic heterocycles. The molecule has 4 aromatic rings. The number of hydrogen-bond acceptors (Lipinski definition) is 9. The number of rotatable bonds is 7. The highest BCUT2D eigenvalue weighted by Crippen LogP contribution is 2.64. The second kappa shape index (κ2) is 12.5. The van der Waals surface area contributed by atoms with Crippen LogP contribution in [0.15, 0.2) is 109 Å². The summed E-state index contributed by atoms with van der Waals surface area (Å²) in [7, 11) is -0.354. The molecule has 2 saturated heterocycles. The van der Waals surface area contributed by atoms with Gasteiger partial charge < -0.3 is 19.9 Å². The van der Waals surface area contributed by atoms with Crippen LogP contribution in [0.1, 0.15) is 35.4 Å². The summed E-state index contributed by atoms with van der Waals surface area (Å²) in [5.74, 6) is -5.67. The number of hydrogen-bond donors (Lipinski definition) is 4. The molecule has 0 spiro atoms. The minimum absolute atomic E-state index is 0.111. The van der Waals surface area contributed by atoms with E-state index in [1.807, 2.05) is 55.5 Å². The Hall–Kier alpha value is -5.72. The third-order valence-corrected chi connectivity index (χ3v) is 11.4. The number of carbonyl (C=O) groups is 4. The first-order valence-electron chi connectivity index (χ1n) is 17.2. The number of aryl methyl sites for hydroxylation is 1. The van der Waals surface area contributed by atoms with Crippen LogP contribution in [-0.4, -0.2) is 58.0 Å². The summed E-state index contributed by atoms with van der Waals surface area (Å²) in [6.45, 7) is 1.94. The zero-order chi connectivity index (χ0) is 36.5. The number of nitrogens with zero attached hydrogens (tertiary/aromatic N) is 2. The zero-order valence-corrected chi connectivity index (χ0v) is 28.5. The van der Waals surface area contributed by atoms with Crippen molar-refractivity contribution in [2.45, 2.75) is 31.1 Å². The minimum atomic E-state index is -1.79. The van der Waals surface area contributed by atoms with Gasteiger partial charge in [0.2, 0.25) is 11.8 Å². The Balaban J connectivity index is 1.31. The summed E-state index contributed by atoms with van der Waals surface area (Å²) in [6, 6.07) is 27.5. The Kier molecular flexibility index (Phi) is 8.04. The van der Waals surface area contributed by atoms with Crippen molar-refractivity contribution >= 4 is 47.6 Å². The van der Waals surface area contributed by atoms with Crippen molar-refractivity contribution in [2.24, 2.45) is 23.7 Å². The van der Waals surface area contributed by atoms with Gasteiger partial charge in [-0.1, -0.05) is 77.9 Å². The molecule has 0 unspecified atom stereocenters. The number of methoxy groups -OCH3 is 1. The first kappa shape index (κ1) is 33.4. The Labute approximate surface area is 300 Å². The number of amides is 4. The normalized spacial score (nSPS) is 26.5. The lowest BCUT2D eigenvalue weighted by Crippen LogP contribution is -2.53. The van der Waals surface area contributed by atoms with E-state index in [2.05, 4.69) is 5.43 Å². The first-order chi connectivity index (χ1) is 25.1. The van der Waals surface area contributed by atoms with E-state index in [0.717, 1.165) is 21.0 Å². The number of fused-ring (bicyclic) bond motifs is 4. The van der Waals surface area contributed by atoms with Crippen molar-refractivity contribution in [2.75, 3.05) is 17.4 Å². The molecule has 3 fully saturated rings. The quantitative estimate of drug-likeness (QED) is 0.129. The van der Waals surface area contributed by atoms with E-state index in [4.69, 9.17) is 4.74 Å². The summed E-state index contributed by atoms with van der Waals surface area (Å²) in [5, 5.41) is 31.8. The molecule has 8 rings (SSSR count). The molecule has 4 aromatic carbocycles. The van der Waals surface area contributed by atoms with Gasteiger partial charge in [-0.25, -0.2) is 0 Å². The number of phenols is 1. The van der Waals surface area contributed by atoms with Gasteiger partial charge >= 0.3 is 7.12 Å². The Bertz CT molecular complexity index is 2160.